The normalized spacial score (nSPS) is 20.0. The third kappa shape index (κ3) is 2.07. The Morgan fingerprint density at radius 2 is 2.07 bits per heavy atom. The van der Waals surface area contributed by atoms with Gasteiger partial charge in [0, 0.05) is 11.6 Å². The molecule has 0 saturated heterocycles. The van der Waals surface area contributed by atoms with E-state index in [-0.39, 0.29) is 44.8 Å². The van der Waals surface area contributed by atoms with Crippen molar-refractivity contribution in [3.05, 3.63) is 68.1 Å². The molecule has 8 nitrogen and oxygen atoms in total. The van der Waals surface area contributed by atoms with Crippen LogP contribution < -0.4 is 21.4 Å². The van der Waals surface area contributed by atoms with Gasteiger partial charge in [-0.05, 0) is 13.0 Å². The molecule has 0 aliphatic carbocycles. The van der Waals surface area contributed by atoms with Gasteiger partial charge in [0.15, 0.2) is 0 Å². The highest BCUT2D eigenvalue weighted by Gasteiger charge is 2.60. The summed E-state index contributed by atoms with van der Waals surface area (Å²) in [4.78, 5) is 38.6. The fraction of sp³-hybridized carbons (Fsp3) is 0.167. The van der Waals surface area contributed by atoms with Crippen LogP contribution in [0.15, 0.2) is 44.9 Å². The summed E-state index contributed by atoms with van der Waals surface area (Å²) >= 11 is 6.22. The molecule has 0 saturated carbocycles. The standard InChI is InChI=1S/C18H13ClN2O6/c1-7-6-10-11(16(23)26-7)18(12(14(20)27-10)15(22)25-2)8-4-3-5-9(19)13(8)21-17(18)24/h3-6H,20H2,1-2H3,(H,21,24). The van der Waals surface area contributed by atoms with Crippen LogP contribution in [-0.4, -0.2) is 19.0 Å². The lowest BCUT2D eigenvalue weighted by Gasteiger charge is -2.33. The van der Waals surface area contributed by atoms with Crippen molar-refractivity contribution in [1.29, 1.82) is 0 Å². The smallest absolute Gasteiger partial charge is 0.344 e. The zero-order valence-corrected chi connectivity index (χ0v) is 15.0. The number of benzene rings is 1. The monoisotopic (exact) mass is 388 g/mol. The van der Waals surface area contributed by atoms with Crippen LogP contribution in [0.4, 0.5) is 5.69 Å². The number of carbonyl (C=O) groups excluding carboxylic acids is 2. The molecular weight excluding hydrogens is 376 g/mol. The Kier molecular flexibility index (Phi) is 3.57. The molecule has 1 aromatic carbocycles. The van der Waals surface area contributed by atoms with E-state index in [1.54, 1.807) is 25.1 Å². The van der Waals surface area contributed by atoms with Crippen molar-refractivity contribution in [2.75, 3.05) is 12.4 Å². The van der Waals surface area contributed by atoms with Crippen LogP contribution in [-0.2, 0) is 19.7 Å². The maximum absolute atomic E-state index is 13.2. The lowest BCUT2D eigenvalue weighted by atomic mass is 9.69. The molecule has 2 aliphatic heterocycles. The molecule has 138 valence electrons. The number of methoxy groups -OCH3 is 1. The molecule has 3 N–H and O–H groups in total. The predicted octanol–water partition coefficient (Wildman–Crippen LogP) is 1.58. The molecule has 1 amide bonds. The molecule has 1 atom stereocenters. The molecule has 1 unspecified atom stereocenters. The molecule has 3 heterocycles. The highest BCUT2D eigenvalue weighted by atomic mass is 35.5. The van der Waals surface area contributed by atoms with Gasteiger partial charge in [-0.15, -0.1) is 0 Å². The topological polar surface area (TPSA) is 121 Å². The van der Waals surface area contributed by atoms with Gasteiger partial charge in [-0.3, -0.25) is 4.79 Å². The second-order valence-corrected chi connectivity index (χ2v) is 6.49. The summed E-state index contributed by atoms with van der Waals surface area (Å²) in [5, 5.41) is 2.87. The molecule has 2 aliphatic rings. The number of para-hydroxylation sites is 1. The van der Waals surface area contributed by atoms with Crippen LogP contribution >= 0.6 is 11.6 Å². The third-order valence-corrected chi connectivity index (χ3v) is 4.96. The summed E-state index contributed by atoms with van der Waals surface area (Å²) in [6, 6.07) is 6.17. The zero-order chi connectivity index (χ0) is 19.5. The number of rotatable bonds is 1. The Morgan fingerprint density at radius 1 is 1.33 bits per heavy atom. The zero-order valence-electron chi connectivity index (χ0n) is 14.2. The Hall–Kier alpha value is -3.26. The fourth-order valence-electron chi connectivity index (χ4n) is 3.63. The molecular formula is C18H13ClN2O6. The van der Waals surface area contributed by atoms with Gasteiger partial charge in [-0.2, -0.15) is 0 Å². The van der Waals surface area contributed by atoms with Gasteiger partial charge in [0.1, 0.15) is 28.1 Å². The van der Waals surface area contributed by atoms with Crippen LogP contribution in [0.2, 0.25) is 5.02 Å². The van der Waals surface area contributed by atoms with E-state index in [1.165, 1.54) is 6.07 Å². The molecule has 1 aromatic heterocycles. The van der Waals surface area contributed by atoms with Crippen LogP contribution in [0.25, 0.3) is 0 Å². The average molecular weight is 389 g/mol. The Bertz CT molecular complexity index is 1120. The second-order valence-electron chi connectivity index (χ2n) is 6.08. The number of nitrogens with two attached hydrogens (primary N) is 1. The fourth-order valence-corrected chi connectivity index (χ4v) is 3.85. The van der Waals surface area contributed by atoms with Gasteiger partial charge in [-0.25, -0.2) is 9.59 Å². The number of anilines is 1. The minimum Gasteiger partial charge on any atom is -0.465 e. The number of carbonyl (C=O) groups is 2. The van der Waals surface area contributed by atoms with Crippen LogP contribution in [0, 0.1) is 6.92 Å². The average Bonchev–Trinajstić information content (AvgIpc) is 2.88. The molecule has 0 bridgehead atoms. The van der Waals surface area contributed by atoms with E-state index in [0.29, 0.717) is 0 Å². The van der Waals surface area contributed by atoms with Crippen LogP contribution in [0.1, 0.15) is 16.9 Å². The summed E-state index contributed by atoms with van der Waals surface area (Å²) in [7, 11) is 1.13. The number of amides is 1. The molecule has 0 radical (unpaired) electrons. The molecule has 9 heteroatoms. The Balaban J connectivity index is 2.21. The third-order valence-electron chi connectivity index (χ3n) is 4.64. The maximum Gasteiger partial charge on any atom is 0.344 e. The van der Waals surface area contributed by atoms with E-state index >= 15 is 0 Å². The lowest BCUT2D eigenvalue weighted by Crippen LogP contribution is -2.48. The number of esters is 1. The minimum atomic E-state index is -1.90. The quantitative estimate of drug-likeness (QED) is 0.711. The van der Waals surface area contributed by atoms with Crippen molar-refractivity contribution in [2.45, 2.75) is 12.3 Å². The molecule has 1 spiro atoms. The Labute approximate surface area is 157 Å². The molecule has 27 heavy (non-hydrogen) atoms. The van der Waals surface area contributed by atoms with Crippen molar-refractivity contribution in [3.63, 3.8) is 0 Å². The van der Waals surface area contributed by atoms with Crippen molar-refractivity contribution in [2.24, 2.45) is 5.73 Å². The van der Waals surface area contributed by atoms with Crippen molar-refractivity contribution >= 4 is 29.2 Å². The Morgan fingerprint density at radius 3 is 2.78 bits per heavy atom. The maximum atomic E-state index is 13.2. The first kappa shape index (κ1) is 17.2. The summed E-state index contributed by atoms with van der Waals surface area (Å²) in [5.74, 6) is -1.66. The van der Waals surface area contributed by atoms with Crippen molar-refractivity contribution in [1.82, 2.24) is 0 Å². The van der Waals surface area contributed by atoms with Gasteiger partial charge >= 0.3 is 11.6 Å². The summed E-state index contributed by atoms with van der Waals surface area (Å²) in [6.07, 6.45) is 0. The summed E-state index contributed by atoms with van der Waals surface area (Å²) < 4.78 is 15.5. The minimum absolute atomic E-state index is 0.0249. The van der Waals surface area contributed by atoms with Crippen molar-refractivity contribution < 1.29 is 23.5 Å². The molecule has 2 aromatic rings. The van der Waals surface area contributed by atoms with Gasteiger partial charge in [-0.1, -0.05) is 23.7 Å². The van der Waals surface area contributed by atoms with E-state index in [0.717, 1.165) is 7.11 Å². The highest BCUT2D eigenvalue weighted by Crippen LogP contribution is 2.53. The number of ether oxygens (including phenoxy) is 2. The van der Waals surface area contributed by atoms with Gasteiger partial charge in [0.2, 0.25) is 11.8 Å². The van der Waals surface area contributed by atoms with E-state index in [2.05, 4.69) is 5.32 Å². The van der Waals surface area contributed by atoms with Crippen LogP contribution in [0.3, 0.4) is 0 Å². The van der Waals surface area contributed by atoms with Gasteiger partial charge in [0.25, 0.3) is 0 Å². The number of fused-ring (bicyclic) bond motifs is 4. The summed E-state index contributed by atoms with van der Waals surface area (Å²) in [6.45, 7) is 1.55. The number of hydrogen-bond donors (Lipinski definition) is 2. The largest absolute Gasteiger partial charge is 0.465 e. The van der Waals surface area contributed by atoms with E-state index < -0.39 is 22.9 Å². The number of halogens is 1. The number of hydrogen-bond acceptors (Lipinski definition) is 7. The van der Waals surface area contributed by atoms with Crippen molar-refractivity contribution in [3.8, 4) is 5.75 Å². The predicted molar refractivity (Wildman–Crippen MR) is 94.4 cm³/mol. The van der Waals surface area contributed by atoms with Crippen LogP contribution in [0.5, 0.6) is 5.75 Å². The number of nitrogens with one attached hydrogen (secondary N) is 1. The SMILES string of the molecule is COC(=O)C1=C(N)Oc2cc(C)oc(=O)c2C12C(=O)Nc1c(Cl)cccc12. The molecule has 4 rings (SSSR count). The first-order valence-electron chi connectivity index (χ1n) is 7.84. The number of aryl methyl sites for hydroxylation is 1. The van der Waals surface area contributed by atoms with E-state index in [9.17, 15) is 14.4 Å². The first-order chi connectivity index (χ1) is 12.8. The van der Waals surface area contributed by atoms with E-state index in [4.69, 9.17) is 31.2 Å². The van der Waals surface area contributed by atoms with Gasteiger partial charge < -0.3 is 24.9 Å². The second kappa shape index (κ2) is 5.62. The summed E-state index contributed by atoms with van der Waals surface area (Å²) in [5.41, 5.74) is 3.33. The van der Waals surface area contributed by atoms with E-state index in [1.807, 2.05) is 0 Å². The lowest BCUT2D eigenvalue weighted by molar-refractivity contribution is -0.138. The molecule has 0 fully saturated rings. The van der Waals surface area contributed by atoms with Gasteiger partial charge in [0.05, 0.1) is 17.8 Å². The highest BCUT2D eigenvalue weighted by molar-refractivity contribution is 6.35. The first-order valence-corrected chi connectivity index (χ1v) is 8.22.